The number of hydrogen-bond acceptors (Lipinski definition) is 5. The Bertz CT molecular complexity index is 1050. The molecule has 1 unspecified atom stereocenters. The first kappa shape index (κ1) is 23.4. The standard InChI is InChI=1S/C24H24F3N3O2S/c25-24(26,27)19-8-6-18(7-9-19)23-29-20(16-33-23)12-22(31)28-13-21-15-30(10-11-32-21)14-17-4-2-1-3-5-17/h1-9,16,21H,10-15H2,(H,28,31). The Kier molecular flexibility index (Phi) is 7.42. The summed E-state index contributed by atoms with van der Waals surface area (Å²) < 4.78 is 44.0. The fourth-order valence-electron chi connectivity index (χ4n) is 3.67. The number of rotatable bonds is 7. The predicted octanol–water partition coefficient (Wildman–Crippen LogP) is 4.39. The van der Waals surface area contributed by atoms with Crippen molar-refractivity contribution in [3.05, 3.63) is 76.8 Å². The van der Waals surface area contributed by atoms with Crippen LogP contribution in [0.15, 0.2) is 60.0 Å². The van der Waals surface area contributed by atoms with E-state index < -0.39 is 11.7 Å². The molecule has 9 heteroatoms. The van der Waals surface area contributed by atoms with Crippen LogP contribution >= 0.6 is 11.3 Å². The molecule has 1 amide bonds. The summed E-state index contributed by atoms with van der Waals surface area (Å²) in [4.78, 5) is 19.1. The molecule has 2 aromatic carbocycles. The van der Waals surface area contributed by atoms with Crippen molar-refractivity contribution in [3.8, 4) is 10.6 Å². The second kappa shape index (κ2) is 10.5. The van der Waals surface area contributed by atoms with Gasteiger partial charge in [-0.3, -0.25) is 9.69 Å². The number of aromatic nitrogens is 1. The highest BCUT2D eigenvalue weighted by molar-refractivity contribution is 7.13. The van der Waals surface area contributed by atoms with Gasteiger partial charge >= 0.3 is 6.18 Å². The molecule has 0 radical (unpaired) electrons. The van der Waals surface area contributed by atoms with Crippen LogP contribution in [0.2, 0.25) is 0 Å². The topological polar surface area (TPSA) is 54.5 Å². The first-order chi connectivity index (χ1) is 15.9. The minimum absolute atomic E-state index is 0.0791. The molecule has 1 aliphatic heterocycles. The van der Waals surface area contributed by atoms with Gasteiger partial charge in [0.2, 0.25) is 5.91 Å². The molecule has 1 N–H and O–H groups in total. The number of amides is 1. The van der Waals surface area contributed by atoms with Crippen LogP contribution in [0, 0.1) is 0 Å². The first-order valence-electron chi connectivity index (χ1n) is 10.6. The lowest BCUT2D eigenvalue weighted by atomic mass is 10.1. The maximum absolute atomic E-state index is 12.7. The third-order valence-electron chi connectivity index (χ3n) is 5.35. The molecule has 0 spiro atoms. The van der Waals surface area contributed by atoms with Crippen LogP contribution in [0.4, 0.5) is 13.2 Å². The van der Waals surface area contributed by atoms with Crippen molar-refractivity contribution >= 4 is 17.2 Å². The van der Waals surface area contributed by atoms with Gasteiger partial charge in [0.05, 0.1) is 30.4 Å². The Morgan fingerprint density at radius 3 is 2.64 bits per heavy atom. The van der Waals surface area contributed by atoms with E-state index in [1.54, 1.807) is 5.38 Å². The van der Waals surface area contributed by atoms with Crippen molar-refractivity contribution < 1.29 is 22.7 Å². The Balaban J connectivity index is 1.25. The SMILES string of the molecule is O=C(Cc1csc(-c2ccc(C(F)(F)F)cc2)n1)NCC1CN(Cc2ccccc2)CCO1. The second-order valence-electron chi connectivity index (χ2n) is 7.91. The van der Waals surface area contributed by atoms with E-state index in [9.17, 15) is 18.0 Å². The molecule has 4 rings (SSSR count). The van der Waals surface area contributed by atoms with Crippen LogP contribution in [-0.4, -0.2) is 48.1 Å². The molecule has 3 aromatic rings. The van der Waals surface area contributed by atoms with Gasteiger partial charge in [0, 0.05) is 37.1 Å². The normalized spacial score (nSPS) is 17.1. The lowest BCUT2D eigenvalue weighted by Gasteiger charge is -2.33. The maximum atomic E-state index is 12.7. The Hall–Kier alpha value is -2.75. The summed E-state index contributed by atoms with van der Waals surface area (Å²) in [7, 11) is 0. The molecule has 0 bridgehead atoms. The largest absolute Gasteiger partial charge is 0.416 e. The van der Waals surface area contributed by atoms with Gasteiger partial charge in [-0.15, -0.1) is 11.3 Å². The number of ether oxygens (including phenoxy) is 1. The van der Waals surface area contributed by atoms with E-state index in [1.807, 2.05) is 18.2 Å². The molecule has 1 atom stereocenters. The summed E-state index contributed by atoms with van der Waals surface area (Å²) in [5.41, 5.74) is 1.72. The smallest absolute Gasteiger partial charge is 0.374 e. The lowest BCUT2D eigenvalue weighted by Crippen LogP contribution is -2.47. The van der Waals surface area contributed by atoms with E-state index in [-0.39, 0.29) is 18.4 Å². The average Bonchev–Trinajstić information content (AvgIpc) is 3.27. The predicted molar refractivity (Wildman–Crippen MR) is 121 cm³/mol. The highest BCUT2D eigenvalue weighted by atomic mass is 32.1. The molecule has 174 valence electrons. The minimum Gasteiger partial charge on any atom is -0.374 e. The number of morpholine rings is 1. The van der Waals surface area contributed by atoms with E-state index in [0.717, 1.165) is 31.8 Å². The number of thiazole rings is 1. The zero-order valence-corrected chi connectivity index (χ0v) is 18.7. The monoisotopic (exact) mass is 475 g/mol. The summed E-state index contributed by atoms with van der Waals surface area (Å²) in [5, 5.41) is 5.24. The Labute approximate surface area is 194 Å². The van der Waals surface area contributed by atoms with E-state index in [2.05, 4.69) is 27.3 Å². The fourth-order valence-corrected chi connectivity index (χ4v) is 4.49. The molecule has 1 fully saturated rings. The van der Waals surface area contributed by atoms with Gasteiger partial charge in [0.15, 0.2) is 0 Å². The average molecular weight is 476 g/mol. The third-order valence-corrected chi connectivity index (χ3v) is 6.29. The van der Waals surface area contributed by atoms with Gasteiger partial charge in [-0.05, 0) is 17.7 Å². The van der Waals surface area contributed by atoms with Crippen molar-refractivity contribution in [2.24, 2.45) is 0 Å². The molecule has 0 saturated carbocycles. The number of halogens is 3. The second-order valence-corrected chi connectivity index (χ2v) is 8.77. The van der Waals surface area contributed by atoms with Crippen LogP contribution in [-0.2, 0) is 28.7 Å². The molecule has 1 saturated heterocycles. The Morgan fingerprint density at radius 1 is 1.15 bits per heavy atom. The van der Waals surface area contributed by atoms with Gasteiger partial charge in [-0.1, -0.05) is 42.5 Å². The third kappa shape index (κ3) is 6.63. The van der Waals surface area contributed by atoms with Crippen molar-refractivity contribution in [2.45, 2.75) is 25.2 Å². The van der Waals surface area contributed by atoms with Crippen LogP contribution < -0.4 is 5.32 Å². The van der Waals surface area contributed by atoms with E-state index in [1.165, 1.54) is 29.0 Å². The van der Waals surface area contributed by atoms with Gasteiger partial charge in [-0.25, -0.2) is 4.98 Å². The van der Waals surface area contributed by atoms with Crippen molar-refractivity contribution in [2.75, 3.05) is 26.2 Å². The maximum Gasteiger partial charge on any atom is 0.416 e. The van der Waals surface area contributed by atoms with Gasteiger partial charge < -0.3 is 10.1 Å². The summed E-state index contributed by atoms with van der Waals surface area (Å²) in [6.45, 7) is 3.48. The van der Waals surface area contributed by atoms with Crippen LogP contribution in [0.3, 0.4) is 0 Å². The molecule has 2 heterocycles. The van der Waals surface area contributed by atoms with Gasteiger partial charge in [0.1, 0.15) is 5.01 Å². The number of alkyl halides is 3. The number of carbonyl (C=O) groups is 1. The highest BCUT2D eigenvalue weighted by Gasteiger charge is 2.30. The number of carbonyl (C=O) groups excluding carboxylic acids is 1. The zero-order chi connectivity index (χ0) is 23.3. The van der Waals surface area contributed by atoms with E-state index >= 15 is 0 Å². The van der Waals surface area contributed by atoms with Crippen LogP contribution in [0.1, 0.15) is 16.8 Å². The molecule has 33 heavy (non-hydrogen) atoms. The van der Waals surface area contributed by atoms with Gasteiger partial charge in [0.25, 0.3) is 0 Å². The van der Waals surface area contributed by atoms with E-state index in [4.69, 9.17) is 4.74 Å². The molecule has 0 aliphatic carbocycles. The molecule has 1 aliphatic rings. The summed E-state index contributed by atoms with van der Waals surface area (Å²) >= 11 is 1.30. The van der Waals surface area contributed by atoms with Crippen molar-refractivity contribution in [1.82, 2.24) is 15.2 Å². The summed E-state index contributed by atoms with van der Waals surface area (Å²) in [6, 6.07) is 15.1. The summed E-state index contributed by atoms with van der Waals surface area (Å²) in [6.07, 6.45) is -4.34. The molecular weight excluding hydrogens is 451 g/mol. The van der Waals surface area contributed by atoms with Gasteiger partial charge in [-0.2, -0.15) is 13.2 Å². The lowest BCUT2D eigenvalue weighted by molar-refractivity contribution is -0.137. The highest BCUT2D eigenvalue weighted by Crippen LogP contribution is 2.31. The quantitative estimate of drug-likeness (QED) is 0.551. The molecular formula is C24H24F3N3O2S. The van der Waals surface area contributed by atoms with E-state index in [0.29, 0.717) is 29.4 Å². The van der Waals surface area contributed by atoms with Crippen molar-refractivity contribution in [1.29, 1.82) is 0 Å². The van der Waals surface area contributed by atoms with Crippen LogP contribution in [0.25, 0.3) is 10.6 Å². The number of hydrogen-bond donors (Lipinski definition) is 1. The summed E-state index contributed by atoms with van der Waals surface area (Å²) in [5.74, 6) is -0.164. The Morgan fingerprint density at radius 2 is 1.91 bits per heavy atom. The number of nitrogens with one attached hydrogen (secondary N) is 1. The number of nitrogens with zero attached hydrogens (tertiary/aromatic N) is 2. The first-order valence-corrected chi connectivity index (χ1v) is 11.5. The minimum atomic E-state index is -4.37. The fraction of sp³-hybridized carbons (Fsp3) is 0.333. The molecule has 5 nitrogen and oxygen atoms in total. The zero-order valence-electron chi connectivity index (χ0n) is 17.8. The molecule has 1 aromatic heterocycles. The van der Waals surface area contributed by atoms with Crippen molar-refractivity contribution in [3.63, 3.8) is 0 Å². The number of benzene rings is 2. The van der Waals surface area contributed by atoms with Crippen LogP contribution in [0.5, 0.6) is 0 Å².